The topological polar surface area (TPSA) is 58.6 Å². The number of nitrogens with two attached hydrogens (primary N) is 1. The highest BCUT2D eigenvalue weighted by molar-refractivity contribution is 6.03. The van der Waals surface area contributed by atoms with Crippen LogP contribution in [0.15, 0.2) is 102 Å². The molecular formula is C22H23FN2O. The Morgan fingerprint density at radius 1 is 1.12 bits per heavy atom. The van der Waals surface area contributed by atoms with E-state index in [0.717, 1.165) is 11.1 Å². The zero-order chi connectivity index (χ0) is 18.9. The van der Waals surface area contributed by atoms with Crippen molar-refractivity contribution in [1.82, 2.24) is 0 Å². The molecule has 0 aliphatic heterocycles. The van der Waals surface area contributed by atoms with Gasteiger partial charge in [0, 0.05) is 24.0 Å². The van der Waals surface area contributed by atoms with Crippen LogP contribution in [0.2, 0.25) is 0 Å². The summed E-state index contributed by atoms with van der Waals surface area (Å²) in [4.78, 5) is 0. The third-order valence-corrected chi connectivity index (χ3v) is 4.25. The first-order valence-corrected chi connectivity index (χ1v) is 8.34. The molecule has 3 nitrogen and oxygen atoms in total. The predicted molar refractivity (Wildman–Crippen MR) is 105 cm³/mol. The van der Waals surface area contributed by atoms with Gasteiger partial charge in [0.2, 0.25) is 0 Å². The predicted octanol–water partition coefficient (Wildman–Crippen LogP) is 5.31. The Kier molecular flexibility index (Phi) is 6.92. The van der Waals surface area contributed by atoms with Gasteiger partial charge in [0.05, 0.1) is 5.71 Å². The summed E-state index contributed by atoms with van der Waals surface area (Å²) in [7, 11) is 0. The van der Waals surface area contributed by atoms with Crippen LogP contribution in [-0.2, 0) is 0 Å². The highest BCUT2D eigenvalue weighted by atomic mass is 19.1. The summed E-state index contributed by atoms with van der Waals surface area (Å²) in [5, 5.41) is 13.1. The van der Waals surface area contributed by atoms with Crippen molar-refractivity contribution in [3.8, 4) is 0 Å². The van der Waals surface area contributed by atoms with Crippen LogP contribution >= 0.6 is 0 Å². The summed E-state index contributed by atoms with van der Waals surface area (Å²) >= 11 is 0. The van der Waals surface area contributed by atoms with Crippen LogP contribution < -0.4 is 5.73 Å². The van der Waals surface area contributed by atoms with Crippen molar-refractivity contribution in [2.24, 2.45) is 10.9 Å². The monoisotopic (exact) mass is 350 g/mol. The van der Waals surface area contributed by atoms with Gasteiger partial charge >= 0.3 is 0 Å². The molecule has 0 saturated carbocycles. The molecule has 2 aromatic rings. The van der Waals surface area contributed by atoms with Crippen LogP contribution in [0.3, 0.4) is 0 Å². The van der Waals surface area contributed by atoms with Crippen LogP contribution in [0.5, 0.6) is 0 Å². The molecule has 0 radical (unpaired) electrons. The molecule has 2 aromatic carbocycles. The first-order valence-electron chi connectivity index (χ1n) is 8.34. The van der Waals surface area contributed by atoms with Crippen LogP contribution in [-0.4, -0.2) is 10.9 Å². The normalized spacial score (nSPS) is 13.5. The summed E-state index contributed by atoms with van der Waals surface area (Å²) in [6.07, 6.45) is 3.13. The molecule has 0 fully saturated rings. The number of nitrogens with zero attached hydrogens (tertiary/aromatic N) is 1. The van der Waals surface area contributed by atoms with Crippen LogP contribution in [0.25, 0.3) is 0 Å². The van der Waals surface area contributed by atoms with Crippen molar-refractivity contribution in [1.29, 1.82) is 0 Å². The zero-order valence-electron chi connectivity index (χ0n) is 14.8. The zero-order valence-corrected chi connectivity index (χ0v) is 14.8. The summed E-state index contributed by atoms with van der Waals surface area (Å²) in [5.41, 5.74) is 8.83. The molecule has 0 amide bonds. The average molecular weight is 350 g/mol. The molecule has 2 rings (SSSR count). The van der Waals surface area contributed by atoms with Crippen LogP contribution in [0, 0.1) is 0 Å². The lowest BCUT2D eigenvalue weighted by Crippen LogP contribution is -2.12. The van der Waals surface area contributed by atoms with E-state index in [1.807, 2.05) is 60.7 Å². The lowest BCUT2D eigenvalue weighted by atomic mass is 9.84. The molecule has 0 aliphatic carbocycles. The maximum absolute atomic E-state index is 13.4. The van der Waals surface area contributed by atoms with Gasteiger partial charge in [-0.1, -0.05) is 78.5 Å². The molecule has 0 atom stereocenters. The van der Waals surface area contributed by atoms with Crippen molar-refractivity contribution < 1.29 is 9.60 Å². The van der Waals surface area contributed by atoms with E-state index in [1.165, 1.54) is 6.08 Å². The molecule has 3 N–H and O–H groups in total. The van der Waals surface area contributed by atoms with E-state index in [-0.39, 0.29) is 5.92 Å². The number of benzene rings is 2. The molecule has 0 aliphatic rings. The number of hydrogen-bond donors (Lipinski definition) is 2. The largest absolute Gasteiger partial charge is 0.411 e. The molecule has 4 heteroatoms. The minimum Gasteiger partial charge on any atom is -0.411 e. The van der Waals surface area contributed by atoms with Gasteiger partial charge in [0.15, 0.2) is 5.95 Å². The maximum atomic E-state index is 13.4. The first kappa shape index (κ1) is 19.2. The first-order chi connectivity index (χ1) is 12.6. The van der Waals surface area contributed by atoms with Crippen molar-refractivity contribution >= 4 is 5.71 Å². The van der Waals surface area contributed by atoms with Gasteiger partial charge in [-0.15, -0.1) is 0 Å². The second-order valence-electron chi connectivity index (χ2n) is 5.95. The average Bonchev–Trinajstić information content (AvgIpc) is 2.68. The van der Waals surface area contributed by atoms with E-state index >= 15 is 0 Å². The maximum Gasteiger partial charge on any atom is 0.185 e. The number of rotatable bonds is 7. The van der Waals surface area contributed by atoms with Crippen molar-refractivity contribution in [3.63, 3.8) is 0 Å². The van der Waals surface area contributed by atoms with Gasteiger partial charge in [0.25, 0.3) is 0 Å². The fourth-order valence-corrected chi connectivity index (χ4v) is 2.87. The summed E-state index contributed by atoms with van der Waals surface area (Å²) < 4.78 is 13.4. The summed E-state index contributed by atoms with van der Waals surface area (Å²) in [6.45, 7) is 5.48. The fourth-order valence-electron chi connectivity index (χ4n) is 2.87. The Balaban J connectivity index is 2.49. The molecule has 0 heterocycles. The van der Waals surface area contributed by atoms with E-state index in [9.17, 15) is 9.60 Å². The van der Waals surface area contributed by atoms with Crippen molar-refractivity contribution in [2.45, 2.75) is 19.3 Å². The second kappa shape index (κ2) is 9.37. The van der Waals surface area contributed by atoms with E-state index in [4.69, 9.17) is 5.73 Å². The highest BCUT2D eigenvalue weighted by Crippen LogP contribution is 2.30. The standard InChI is InChI=1S/C22H23FN2O/c1-3-16(2)19(15-22(23)24)21(25-26)14-20(17-10-6-4-7-11-17)18-12-8-5-9-13-18/h3-13,15,20,26H,1,14,24H2,2H3/b19-16+,22-15-,25-21+. The Morgan fingerprint density at radius 3 is 2.00 bits per heavy atom. The number of halogens is 1. The Hall–Kier alpha value is -3.14. The van der Waals surface area contributed by atoms with E-state index in [2.05, 4.69) is 11.7 Å². The van der Waals surface area contributed by atoms with Gasteiger partial charge in [-0.05, 0) is 23.6 Å². The third kappa shape index (κ3) is 4.93. The Labute approximate surface area is 153 Å². The minimum absolute atomic E-state index is 0.0508. The van der Waals surface area contributed by atoms with Crippen LogP contribution in [0.4, 0.5) is 4.39 Å². The summed E-state index contributed by atoms with van der Waals surface area (Å²) in [6, 6.07) is 19.9. The van der Waals surface area contributed by atoms with Gasteiger partial charge in [-0.2, -0.15) is 4.39 Å². The molecule has 0 spiro atoms. The Morgan fingerprint density at radius 2 is 1.62 bits per heavy atom. The van der Waals surface area contributed by atoms with Crippen molar-refractivity contribution in [3.05, 3.63) is 108 Å². The molecule has 0 unspecified atom stereocenters. The highest BCUT2D eigenvalue weighted by Gasteiger charge is 2.20. The number of allylic oxidation sites excluding steroid dienone is 4. The van der Waals surface area contributed by atoms with E-state index in [1.54, 1.807) is 13.0 Å². The lowest BCUT2D eigenvalue weighted by Gasteiger charge is -2.20. The Bertz CT molecular complexity index is 780. The molecule has 0 bridgehead atoms. The van der Waals surface area contributed by atoms with Gasteiger partial charge < -0.3 is 10.9 Å². The minimum atomic E-state index is -0.849. The molecule has 0 aromatic heterocycles. The SMILES string of the molecule is C=C/C(C)=C(\C=C(/N)F)C(/CC(c1ccccc1)c1ccccc1)=N/O. The second-order valence-corrected chi connectivity index (χ2v) is 5.95. The van der Waals surface area contributed by atoms with Crippen molar-refractivity contribution in [2.75, 3.05) is 0 Å². The molecule has 0 saturated heterocycles. The number of oxime groups is 1. The van der Waals surface area contributed by atoms with Gasteiger partial charge in [0.1, 0.15) is 0 Å². The molecule has 134 valence electrons. The number of hydrogen-bond acceptors (Lipinski definition) is 3. The van der Waals surface area contributed by atoms with Gasteiger partial charge in [-0.25, -0.2) is 0 Å². The molecular weight excluding hydrogens is 327 g/mol. The van der Waals surface area contributed by atoms with E-state index < -0.39 is 5.95 Å². The van der Waals surface area contributed by atoms with Crippen LogP contribution in [0.1, 0.15) is 30.4 Å². The summed E-state index contributed by atoms with van der Waals surface area (Å²) in [5.74, 6) is -0.900. The fraction of sp³-hybridized carbons (Fsp3) is 0.136. The third-order valence-electron chi connectivity index (χ3n) is 4.25. The lowest BCUT2D eigenvalue weighted by molar-refractivity contribution is 0.317. The van der Waals surface area contributed by atoms with Gasteiger partial charge in [-0.3, -0.25) is 0 Å². The quantitative estimate of drug-likeness (QED) is 0.234. The smallest absolute Gasteiger partial charge is 0.185 e. The van der Waals surface area contributed by atoms with E-state index in [0.29, 0.717) is 23.3 Å². The molecule has 26 heavy (non-hydrogen) atoms.